The van der Waals surface area contributed by atoms with Crippen LogP contribution >= 0.6 is 0 Å². The number of hydrogen-bond donors (Lipinski definition) is 3. The Morgan fingerprint density at radius 1 is 1.36 bits per heavy atom. The van der Waals surface area contributed by atoms with Crippen molar-refractivity contribution in [1.29, 1.82) is 0 Å². The van der Waals surface area contributed by atoms with Crippen LogP contribution in [0.15, 0.2) is 18.2 Å². The van der Waals surface area contributed by atoms with E-state index in [1.807, 2.05) is 0 Å². The molecule has 2 rings (SSSR count). The van der Waals surface area contributed by atoms with E-state index in [2.05, 4.69) is 10.0 Å². The molecule has 0 aromatic heterocycles. The standard InChI is InChI=1S/C15H22N2O4S/c1-21-14-8-7-11(9-13(14)17-22(19)20)10-15(18)16-12-5-3-2-4-6-12/h7-9,12,17H,2-6,10H2,1H3,(H,16,18)(H,19,20). The van der Waals surface area contributed by atoms with Gasteiger partial charge in [0.2, 0.25) is 5.91 Å². The summed E-state index contributed by atoms with van der Waals surface area (Å²) in [6, 6.07) is 5.40. The molecule has 0 aliphatic heterocycles. The first-order chi connectivity index (χ1) is 10.6. The number of methoxy groups -OCH3 is 1. The highest BCUT2D eigenvalue weighted by atomic mass is 32.2. The van der Waals surface area contributed by atoms with Crippen LogP contribution in [0.1, 0.15) is 37.7 Å². The SMILES string of the molecule is COc1ccc(CC(=O)NC2CCCCC2)cc1NS(=O)O. The first-order valence-electron chi connectivity index (χ1n) is 7.42. The summed E-state index contributed by atoms with van der Waals surface area (Å²) in [4.78, 5) is 12.1. The number of carbonyl (C=O) groups is 1. The number of benzene rings is 1. The third-order valence-corrected chi connectivity index (χ3v) is 4.19. The zero-order valence-corrected chi connectivity index (χ0v) is 13.4. The lowest BCUT2D eigenvalue weighted by Crippen LogP contribution is -2.37. The summed E-state index contributed by atoms with van der Waals surface area (Å²) in [5.41, 5.74) is 1.16. The molecule has 1 aliphatic carbocycles. The summed E-state index contributed by atoms with van der Waals surface area (Å²) in [5, 5.41) is 3.06. The fourth-order valence-corrected chi connectivity index (χ4v) is 3.10. The van der Waals surface area contributed by atoms with Gasteiger partial charge in [0, 0.05) is 6.04 Å². The van der Waals surface area contributed by atoms with Gasteiger partial charge in [-0.15, -0.1) is 0 Å². The lowest BCUT2D eigenvalue weighted by molar-refractivity contribution is -0.121. The summed E-state index contributed by atoms with van der Waals surface area (Å²) in [6.45, 7) is 0. The molecule has 122 valence electrons. The Labute approximate surface area is 133 Å². The van der Waals surface area contributed by atoms with Crippen LogP contribution < -0.4 is 14.8 Å². The quantitative estimate of drug-likeness (QED) is 0.700. The van der Waals surface area contributed by atoms with Gasteiger partial charge >= 0.3 is 0 Å². The predicted molar refractivity (Wildman–Crippen MR) is 86.1 cm³/mol. The molecule has 0 radical (unpaired) electrons. The zero-order valence-electron chi connectivity index (χ0n) is 12.6. The molecule has 22 heavy (non-hydrogen) atoms. The smallest absolute Gasteiger partial charge is 0.259 e. The summed E-state index contributed by atoms with van der Waals surface area (Å²) >= 11 is -2.19. The van der Waals surface area contributed by atoms with Crippen LogP contribution in [0, 0.1) is 0 Å². The molecule has 1 aliphatic rings. The first-order valence-corrected chi connectivity index (χ1v) is 8.53. The van der Waals surface area contributed by atoms with E-state index in [0.29, 0.717) is 11.4 Å². The van der Waals surface area contributed by atoms with E-state index >= 15 is 0 Å². The van der Waals surface area contributed by atoms with Crippen LogP contribution in [0.2, 0.25) is 0 Å². The van der Waals surface area contributed by atoms with Crippen LogP contribution in [0.25, 0.3) is 0 Å². The zero-order chi connectivity index (χ0) is 15.9. The fourth-order valence-electron chi connectivity index (χ4n) is 2.75. The molecule has 1 unspecified atom stereocenters. The van der Waals surface area contributed by atoms with Crippen molar-refractivity contribution >= 4 is 22.9 Å². The summed E-state index contributed by atoms with van der Waals surface area (Å²) in [7, 11) is 1.48. The molecule has 1 amide bonds. The van der Waals surface area contributed by atoms with Gasteiger partial charge in [-0.3, -0.25) is 14.1 Å². The van der Waals surface area contributed by atoms with Gasteiger partial charge in [-0.1, -0.05) is 25.3 Å². The van der Waals surface area contributed by atoms with Crippen LogP contribution in [0.5, 0.6) is 5.75 Å². The Morgan fingerprint density at radius 3 is 2.73 bits per heavy atom. The molecule has 1 atom stereocenters. The number of ether oxygens (including phenoxy) is 1. The van der Waals surface area contributed by atoms with E-state index < -0.39 is 11.3 Å². The minimum absolute atomic E-state index is 0.0202. The molecule has 0 spiro atoms. The second kappa shape index (κ2) is 8.14. The van der Waals surface area contributed by atoms with Crippen molar-refractivity contribution in [3.63, 3.8) is 0 Å². The van der Waals surface area contributed by atoms with Gasteiger partial charge in [-0.25, -0.2) is 4.21 Å². The second-order valence-corrected chi connectivity index (χ2v) is 6.17. The molecule has 0 saturated heterocycles. The van der Waals surface area contributed by atoms with Crippen LogP contribution in [-0.4, -0.2) is 27.8 Å². The monoisotopic (exact) mass is 326 g/mol. The summed E-state index contributed by atoms with van der Waals surface area (Å²) in [5.74, 6) is 0.437. The summed E-state index contributed by atoms with van der Waals surface area (Å²) in [6.07, 6.45) is 5.93. The molecule has 7 heteroatoms. The van der Waals surface area contributed by atoms with Crippen molar-refractivity contribution in [3.8, 4) is 5.75 Å². The van der Waals surface area contributed by atoms with Gasteiger partial charge in [-0.2, -0.15) is 0 Å². The minimum Gasteiger partial charge on any atom is -0.495 e. The van der Waals surface area contributed by atoms with E-state index in [4.69, 9.17) is 9.29 Å². The highest BCUT2D eigenvalue weighted by Crippen LogP contribution is 2.26. The van der Waals surface area contributed by atoms with Crippen molar-refractivity contribution < 1.29 is 18.3 Å². The predicted octanol–water partition coefficient (Wildman–Crippen LogP) is 2.24. The number of nitrogens with one attached hydrogen (secondary N) is 2. The van der Waals surface area contributed by atoms with Gasteiger partial charge in [0.1, 0.15) is 5.75 Å². The number of amides is 1. The fraction of sp³-hybridized carbons (Fsp3) is 0.533. The molecular weight excluding hydrogens is 304 g/mol. The highest BCUT2D eigenvalue weighted by molar-refractivity contribution is 7.80. The van der Waals surface area contributed by atoms with Crippen molar-refractivity contribution in [2.75, 3.05) is 11.8 Å². The number of carbonyl (C=O) groups excluding carboxylic acids is 1. The molecule has 0 heterocycles. The maximum Gasteiger partial charge on any atom is 0.259 e. The molecule has 3 N–H and O–H groups in total. The van der Waals surface area contributed by atoms with Crippen LogP contribution in [-0.2, 0) is 22.5 Å². The van der Waals surface area contributed by atoms with Gasteiger partial charge < -0.3 is 10.1 Å². The van der Waals surface area contributed by atoms with Gasteiger partial charge in [0.05, 0.1) is 19.2 Å². The third kappa shape index (κ3) is 4.99. The lowest BCUT2D eigenvalue weighted by atomic mass is 9.95. The number of anilines is 1. The third-order valence-electron chi connectivity index (χ3n) is 3.80. The van der Waals surface area contributed by atoms with E-state index in [1.54, 1.807) is 18.2 Å². The Balaban J connectivity index is 1.99. The Morgan fingerprint density at radius 2 is 2.09 bits per heavy atom. The Bertz CT molecular complexity index is 544. The normalized spacial score (nSPS) is 16.8. The average Bonchev–Trinajstić information content (AvgIpc) is 2.48. The van der Waals surface area contributed by atoms with E-state index in [0.717, 1.165) is 18.4 Å². The van der Waals surface area contributed by atoms with Gasteiger partial charge in [0.25, 0.3) is 11.3 Å². The van der Waals surface area contributed by atoms with Gasteiger partial charge in [0.15, 0.2) is 0 Å². The van der Waals surface area contributed by atoms with E-state index in [-0.39, 0.29) is 18.4 Å². The maximum atomic E-state index is 12.1. The summed E-state index contributed by atoms with van der Waals surface area (Å²) < 4.78 is 27.3. The largest absolute Gasteiger partial charge is 0.495 e. The highest BCUT2D eigenvalue weighted by Gasteiger charge is 2.16. The van der Waals surface area contributed by atoms with Crippen molar-refractivity contribution in [1.82, 2.24) is 5.32 Å². The van der Waals surface area contributed by atoms with Crippen molar-refractivity contribution in [3.05, 3.63) is 23.8 Å². The van der Waals surface area contributed by atoms with Gasteiger partial charge in [-0.05, 0) is 30.5 Å². The molecule has 1 aromatic carbocycles. The first kappa shape index (κ1) is 16.8. The molecule has 1 saturated carbocycles. The molecule has 1 aromatic rings. The number of hydrogen-bond acceptors (Lipinski definition) is 3. The second-order valence-electron chi connectivity index (χ2n) is 5.47. The van der Waals surface area contributed by atoms with Crippen molar-refractivity contribution in [2.45, 2.75) is 44.6 Å². The van der Waals surface area contributed by atoms with E-state index in [1.165, 1.54) is 26.4 Å². The van der Waals surface area contributed by atoms with Crippen molar-refractivity contribution in [2.24, 2.45) is 0 Å². The topological polar surface area (TPSA) is 87.7 Å². The average molecular weight is 326 g/mol. The molecule has 1 fully saturated rings. The molecular formula is C15H22N2O4S. The Kier molecular flexibility index (Phi) is 6.21. The number of rotatable bonds is 6. The minimum atomic E-state index is -2.19. The molecule has 6 nitrogen and oxygen atoms in total. The van der Waals surface area contributed by atoms with E-state index in [9.17, 15) is 9.00 Å². The lowest BCUT2D eigenvalue weighted by Gasteiger charge is -2.22. The molecule has 0 bridgehead atoms. The maximum absolute atomic E-state index is 12.1. The van der Waals surface area contributed by atoms with Crippen LogP contribution in [0.3, 0.4) is 0 Å². The van der Waals surface area contributed by atoms with Crippen LogP contribution in [0.4, 0.5) is 5.69 Å². The Hall–Kier alpha value is -1.60.